The molecule has 1 aliphatic carbocycles. The van der Waals surface area contributed by atoms with Gasteiger partial charge in [-0.25, -0.2) is 0 Å². The molecule has 1 unspecified atom stereocenters. The van der Waals surface area contributed by atoms with Crippen LogP contribution in [0.4, 0.5) is 0 Å². The number of likely N-dealkylation sites (tertiary alicyclic amines) is 1. The molecular weight excluding hydrogens is 228 g/mol. The van der Waals surface area contributed by atoms with Crippen LogP contribution in [-0.2, 0) is 9.59 Å². The lowest BCUT2D eigenvalue weighted by Gasteiger charge is -2.34. The normalized spacial score (nSPS) is 24.3. The molecule has 1 N–H and O–H groups in total. The number of hydrogen-bond acceptors (Lipinski definition) is 2. The summed E-state index contributed by atoms with van der Waals surface area (Å²) in [6, 6.07) is -0.274. The molecule has 1 aliphatic heterocycles. The van der Waals surface area contributed by atoms with Crippen LogP contribution in [0.25, 0.3) is 0 Å². The Morgan fingerprint density at radius 2 is 2.06 bits per heavy atom. The highest BCUT2D eigenvalue weighted by molar-refractivity contribution is 5.89. The summed E-state index contributed by atoms with van der Waals surface area (Å²) in [4.78, 5) is 25.9. The summed E-state index contributed by atoms with van der Waals surface area (Å²) < 4.78 is 0. The Labute approximate surface area is 109 Å². The van der Waals surface area contributed by atoms with E-state index in [4.69, 9.17) is 0 Å². The molecule has 1 atom stereocenters. The van der Waals surface area contributed by atoms with E-state index in [0.717, 1.165) is 19.4 Å². The lowest BCUT2D eigenvalue weighted by molar-refractivity contribution is -0.137. The van der Waals surface area contributed by atoms with E-state index in [-0.39, 0.29) is 23.3 Å². The van der Waals surface area contributed by atoms with Crippen molar-refractivity contribution >= 4 is 11.8 Å². The van der Waals surface area contributed by atoms with Crippen LogP contribution in [0, 0.1) is 5.41 Å². The number of nitrogens with one attached hydrogen (secondary N) is 1. The minimum absolute atomic E-state index is 0.0290. The van der Waals surface area contributed by atoms with Crippen molar-refractivity contribution in [2.45, 2.75) is 57.9 Å². The molecule has 1 spiro atoms. The van der Waals surface area contributed by atoms with Gasteiger partial charge < -0.3 is 10.2 Å². The van der Waals surface area contributed by atoms with Gasteiger partial charge in [0.25, 0.3) is 0 Å². The van der Waals surface area contributed by atoms with Crippen molar-refractivity contribution in [3.05, 3.63) is 0 Å². The third-order valence-corrected chi connectivity index (χ3v) is 4.58. The van der Waals surface area contributed by atoms with E-state index in [9.17, 15) is 9.59 Å². The Bertz CT molecular complexity index is 335. The third-order valence-electron chi connectivity index (χ3n) is 4.58. The lowest BCUT2D eigenvalue weighted by Crippen LogP contribution is -2.47. The summed E-state index contributed by atoms with van der Waals surface area (Å²) >= 11 is 0. The molecule has 0 aromatic heterocycles. The molecule has 2 fully saturated rings. The SMILES string of the molecule is CCC(C(=O)NC)N1CC2(CCCCC2)CC1=O. The van der Waals surface area contributed by atoms with Gasteiger partial charge in [-0.15, -0.1) is 0 Å². The van der Waals surface area contributed by atoms with Crippen LogP contribution in [0.3, 0.4) is 0 Å². The van der Waals surface area contributed by atoms with Crippen molar-refractivity contribution in [1.82, 2.24) is 10.2 Å². The van der Waals surface area contributed by atoms with Crippen LogP contribution in [0.2, 0.25) is 0 Å². The van der Waals surface area contributed by atoms with Crippen molar-refractivity contribution in [3.8, 4) is 0 Å². The van der Waals surface area contributed by atoms with E-state index in [2.05, 4.69) is 5.32 Å². The molecule has 0 radical (unpaired) electrons. The molecule has 4 heteroatoms. The molecule has 102 valence electrons. The highest BCUT2D eigenvalue weighted by Gasteiger charge is 2.46. The number of nitrogens with zero attached hydrogens (tertiary/aromatic N) is 1. The van der Waals surface area contributed by atoms with E-state index in [1.54, 1.807) is 7.05 Å². The smallest absolute Gasteiger partial charge is 0.242 e. The van der Waals surface area contributed by atoms with Gasteiger partial charge in [0.05, 0.1) is 0 Å². The standard InChI is InChI=1S/C14H24N2O2/c1-3-11(13(18)15-2)16-10-14(9-12(16)17)7-5-4-6-8-14/h11H,3-10H2,1-2H3,(H,15,18). The second kappa shape index (κ2) is 5.29. The van der Waals surface area contributed by atoms with Crippen LogP contribution >= 0.6 is 0 Å². The van der Waals surface area contributed by atoms with Crippen molar-refractivity contribution in [2.24, 2.45) is 5.41 Å². The zero-order chi connectivity index (χ0) is 13.2. The van der Waals surface area contributed by atoms with Crippen LogP contribution < -0.4 is 5.32 Å². The summed E-state index contributed by atoms with van der Waals surface area (Å²) in [5.74, 6) is 0.144. The van der Waals surface area contributed by atoms with E-state index < -0.39 is 0 Å². The second-order valence-electron chi connectivity index (χ2n) is 5.80. The van der Waals surface area contributed by atoms with Crippen molar-refractivity contribution < 1.29 is 9.59 Å². The zero-order valence-electron chi connectivity index (χ0n) is 11.5. The number of carbonyl (C=O) groups is 2. The Morgan fingerprint density at radius 3 is 2.61 bits per heavy atom. The molecular formula is C14H24N2O2. The average Bonchev–Trinajstić information content (AvgIpc) is 2.68. The predicted octanol–water partition coefficient (Wildman–Crippen LogP) is 1.69. The Morgan fingerprint density at radius 1 is 1.39 bits per heavy atom. The molecule has 2 aliphatic rings. The monoisotopic (exact) mass is 252 g/mol. The molecule has 18 heavy (non-hydrogen) atoms. The molecule has 0 aromatic carbocycles. The average molecular weight is 252 g/mol. The third kappa shape index (κ3) is 2.38. The van der Waals surface area contributed by atoms with Gasteiger partial charge in [-0.2, -0.15) is 0 Å². The summed E-state index contributed by atoms with van der Waals surface area (Å²) in [6.45, 7) is 2.76. The topological polar surface area (TPSA) is 49.4 Å². The van der Waals surface area contributed by atoms with Crippen LogP contribution in [0.15, 0.2) is 0 Å². The maximum Gasteiger partial charge on any atom is 0.242 e. The van der Waals surface area contributed by atoms with Gasteiger partial charge in [-0.1, -0.05) is 26.2 Å². The first-order chi connectivity index (χ1) is 8.62. The zero-order valence-corrected chi connectivity index (χ0v) is 11.5. The number of hydrogen-bond donors (Lipinski definition) is 1. The Hall–Kier alpha value is -1.06. The minimum Gasteiger partial charge on any atom is -0.357 e. The first-order valence-corrected chi connectivity index (χ1v) is 7.13. The maximum absolute atomic E-state index is 12.2. The summed E-state index contributed by atoms with van der Waals surface area (Å²) in [5, 5.41) is 2.67. The Kier molecular flexibility index (Phi) is 3.93. The fourth-order valence-electron chi connectivity index (χ4n) is 3.56. The first kappa shape index (κ1) is 13.4. The van der Waals surface area contributed by atoms with E-state index in [0.29, 0.717) is 12.8 Å². The number of amides is 2. The molecule has 1 saturated heterocycles. The lowest BCUT2D eigenvalue weighted by atomic mass is 9.73. The summed E-state index contributed by atoms with van der Waals surface area (Å²) in [5.41, 5.74) is 0.177. The van der Waals surface area contributed by atoms with Gasteiger partial charge in [0.15, 0.2) is 0 Å². The van der Waals surface area contributed by atoms with E-state index in [1.807, 2.05) is 11.8 Å². The highest BCUT2D eigenvalue weighted by Crippen LogP contribution is 2.44. The predicted molar refractivity (Wildman–Crippen MR) is 70.0 cm³/mol. The number of carbonyl (C=O) groups excluding carboxylic acids is 2. The molecule has 1 saturated carbocycles. The maximum atomic E-state index is 12.2. The summed E-state index contributed by atoms with van der Waals surface area (Å²) in [6.07, 6.45) is 7.42. The van der Waals surface area contributed by atoms with Gasteiger partial charge in [0.1, 0.15) is 6.04 Å². The van der Waals surface area contributed by atoms with Gasteiger partial charge in [-0.3, -0.25) is 9.59 Å². The van der Waals surface area contributed by atoms with E-state index in [1.165, 1.54) is 19.3 Å². The first-order valence-electron chi connectivity index (χ1n) is 7.13. The molecule has 0 aromatic rings. The van der Waals surface area contributed by atoms with Crippen molar-refractivity contribution in [3.63, 3.8) is 0 Å². The quantitative estimate of drug-likeness (QED) is 0.831. The molecule has 1 heterocycles. The van der Waals surface area contributed by atoms with Crippen molar-refractivity contribution in [2.75, 3.05) is 13.6 Å². The summed E-state index contributed by atoms with van der Waals surface area (Å²) in [7, 11) is 1.64. The largest absolute Gasteiger partial charge is 0.357 e. The van der Waals surface area contributed by atoms with Crippen LogP contribution in [-0.4, -0.2) is 36.3 Å². The van der Waals surface area contributed by atoms with E-state index >= 15 is 0 Å². The van der Waals surface area contributed by atoms with Gasteiger partial charge >= 0.3 is 0 Å². The molecule has 4 nitrogen and oxygen atoms in total. The fraction of sp³-hybridized carbons (Fsp3) is 0.857. The fourth-order valence-corrected chi connectivity index (χ4v) is 3.56. The second-order valence-corrected chi connectivity index (χ2v) is 5.80. The molecule has 2 rings (SSSR count). The van der Waals surface area contributed by atoms with Crippen LogP contribution in [0.1, 0.15) is 51.9 Å². The minimum atomic E-state index is -0.274. The Balaban J connectivity index is 2.10. The van der Waals surface area contributed by atoms with Gasteiger partial charge in [0, 0.05) is 20.0 Å². The number of likely N-dealkylation sites (N-methyl/N-ethyl adjacent to an activating group) is 1. The molecule has 2 amide bonds. The van der Waals surface area contributed by atoms with Crippen molar-refractivity contribution in [1.29, 1.82) is 0 Å². The highest BCUT2D eigenvalue weighted by atomic mass is 16.2. The molecule has 0 bridgehead atoms. The van der Waals surface area contributed by atoms with Gasteiger partial charge in [0.2, 0.25) is 11.8 Å². The number of rotatable bonds is 3. The van der Waals surface area contributed by atoms with Gasteiger partial charge in [-0.05, 0) is 24.7 Å². The van der Waals surface area contributed by atoms with Crippen LogP contribution in [0.5, 0.6) is 0 Å².